The molecule has 0 aromatic heterocycles. The molecule has 1 aromatic rings. The van der Waals surface area contributed by atoms with E-state index in [1.54, 1.807) is 0 Å². The first-order chi connectivity index (χ1) is 12.6. The molecule has 0 spiro atoms. The number of benzene rings is 1. The van der Waals surface area contributed by atoms with Crippen molar-refractivity contribution in [2.75, 3.05) is 20.0 Å². The Labute approximate surface area is 153 Å². The van der Waals surface area contributed by atoms with E-state index in [0.717, 1.165) is 24.0 Å². The van der Waals surface area contributed by atoms with Crippen LogP contribution < -0.4 is 9.47 Å². The number of hydrogen-bond acceptors (Lipinski definition) is 6. The quantitative estimate of drug-likeness (QED) is 0.724. The third-order valence-electron chi connectivity index (χ3n) is 4.91. The van der Waals surface area contributed by atoms with E-state index in [9.17, 15) is 9.59 Å². The molecule has 0 amide bonds. The van der Waals surface area contributed by atoms with E-state index in [1.165, 1.54) is 0 Å². The van der Waals surface area contributed by atoms with Gasteiger partial charge in [-0.1, -0.05) is 20.8 Å². The first-order valence-electron chi connectivity index (χ1n) is 9.32. The molecule has 6 nitrogen and oxygen atoms in total. The lowest BCUT2D eigenvalue weighted by Crippen LogP contribution is -2.39. The average Bonchev–Trinajstić information content (AvgIpc) is 3.08. The maximum Gasteiger partial charge on any atom is 0.314 e. The number of fused-ring (bicyclic) bond motifs is 2. The Bertz CT molecular complexity index is 683. The maximum atomic E-state index is 12.9. The third kappa shape index (κ3) is 3.50. The summed E-state index contributed by atoms with van der Waals surface area (Å²) in [6.07, 6.45) is 2.15. The Kier molecular flexibility index (Phi) is 5.69. The van der Waals surface area contributed by atoms with Gasteiger partial charge in [0.1, 0.15) is 0 Å². The lowest BCUT2D eigenvalue weighted by atomic mass is 9.69. The summed E-state index contributed by atoms with van der Waals surface area (Å²) < 4.78 is 21.7. The molecule has 0 fully saturated rings. The number of ether oxygens (including phenoxy) is 4. The highest BCUT2D eigenvalue weighted by atomic mass is 16.7. The molecule has 0 radical (unpaired) electrons. The van der Waals surface area contributed by atoms with Crippen LogP contribution in [0.1, 0.15) is 50.7 Å². The lowest BCUT2D eigenvalue weighted by molar-refractivity contribution is -0.160. The fourth-order valence-electron chi connectivity index (χ4n) is 3.70. The van der Waals surface area contributed by atoms with Gasteiger partial charge in [-0.25, -0.2) is 0 Å². The minimum atomic E-state index is -0.681. The van der Waals surface area contributed by atoms with Crippen molar-refractivity contribution in [2.24, 2.45) is 11.8 Å². The molecule has 142 valence electrons. The van der Waals surface area contributed by atoms with Gasteiger partial charge in [-0.2, -0.15) is 0 Å². The van der Waals surface area contributed by atoms with Gasteiger partial charge in [-0.3, -0.25) is 9.59 Å². The zero-order valence-electron chi connectivity index (χ0n) is 15.6. The summed E-state index contributed by atoms with van der Waals surface area (Å²) >= 11 is 0. The smallest absolute Gasteiger partial charge is 0.314 e. The average molecular weight is 362 g/mol. The van der Waals surface area contributed by atoms with Crippen LogP contribution >= 0.6 is 0 Å². The van der Waals surface area contributed by atoms with Crippen LogP contribution in [-0.4, -0.2) is 31.9 Å². The summed E-state index contributed by atoms with van der Waals surface area (Å²) in [5, 5.41) is 0. The molecule has 1 aliphatic carbocycles. The van der Waals surface area contributed by atoms with Crippen LogP contribution in [0.25, 0.3) is 0 Å². The van der Waals surface area contributed by atoms with Gasteiger partial charge in [-0.05, 0) is 48.4 Å². The van der Waals surface area contributed by atoms with E-state index >= 15 is 0 Å². The van der Waals surface area contributed by atoms with Gasteiger partial charge in [-0.15, -0.1) is 0 Å². The molecular weight excluding hydrogens is 336 g/mol. The van der Waals surface area contributed by atoms with E-state index < -0.39 is 11.8 Å². The molecule has 1 aromatic carbocycles. The van der Waals surface area contributed by atoms with Crippen molar-refractivity contribution in [2.45, 2.75) is 46.0 Å². The van der Waals surface area contributed by atoms with E-state index in [0.29, 0.717) is 31.1 Å². The number of esters is 2. The molecule has 0 unspecified atom stereocenters. The summed E-state index contributed by atoms with van der Waals surface area (Å²) in [6.45, 7) is 6.72. The van der Waals surface area contributed by atoms with Gasteiger partial charge in [0, 0.05) is 0 Å². The third-order valence-corrected chi connectivity index (χ3v) is 4.91. The second-order valence-electron chi connectivity index (χ2n) is 6.92. The van der Waals surface area contributed by atoms with Crippen LogP contribution in [0, 0.1) is 11.8 Å². The van der Waals surface area contributed by atoms with Crippen LogP contribution in [0.4, 0.5) is 0 Å². The van der Waals surface area contributed by atoms with Gasteiger partial charge in [0.25, 0.3) is 0 Å². The van der Waals surface area contributed by atoms with Gasteiger partial charge < -0.3 is 18.9 Å². The predicted molar refractivity (Wildman–Crippen MR) is 94.2 cm³/mol. The highest BCUT2D eigenvalue weighted by Gasteiger charge is 2.45. The SMILES string of the molecule is CCCOC(=O)[C@@H]1[C@H](C)Cc2cc3c(cc2[C@H]1C(=O)OCCC)OCO3. The Morgan fingerprint density at radius 3 is 2.31 bits per heavy atom. The molecule has 0 saturated carbocycles. The van der Waals surface area contributed by atoms with Gasteiger partial charge in [0.2, 0.25) is 6.79 Å². The van der Waals surface area contributed by atoms with Crippen molar-refractivity contribution in [1.82, 2.24) is 0 Å². The van der Waals surface area contributed by atoms with Crippen LogP contribution in [0.5, 0.6) is 11.5 Å². The van der Waals surface area contributed by atoms with E-state index in [1.807, 2.05) is 32.9 Å². The number of rotatable bonds is 6. The molecule has 6 heteroatoms. The van der Waals surface area contributed by atoms with E-state index in [-0.39, 0.29) is 24.6 Å². The van der Waals surface area contributed by atoms with Crippen LogP contribution in [0.3, 0.4) is 0 Å². The van der Waals surface area contributed by atoms with Crippen LogP contribution in [0.2, 0.25) is 0 Å². The zero-order valence-corrected chi connectivity index (χ0v) is 15.6. The molecule has 0 bridgehead atoms. The van der Waals surface area contributed by atoms with Crippen LogP contribution in [0.15, 0.2) is 12.1 Å². The minimum absolute atomic E-state index is 0.0357. The molecule has 3 rings (SSSR count). The summed E-state index contributed by atoms with van der Waals surface area (Å²) in [7, 11) is 0. The van der Waals surface area contributed by atoms with Gasteiger partial charge >= 0.3 is 11.9 Å². The highest BCUT2D eigenvalue weighted by molar-refractivity contribution is 5.88. The number of hydrogen-bond donors (Lipinski definition) is 0. The molecule has 1 aliphatic heterocycles. The van der Waals surface area contributed by atoms with Crippen molar-refractivity contribution < 1.29 is 28.5 Å². The first-order valence-corrected chi connectivity index (χ1v) is 9.32. The van der Waals surface area contributed by atoms with Crippen molar-refractivity contribution >= 4 is 11.9 Å². The lowest BCUT2D eigenvalue weighted by Gasteiger charge is -2.35. The molecular formula is C20H26O6. The Morgan fingerprint density at radius 2 is 1.65 bits per heavy atom. The van der Waals surface area contributed by atoms with Crippen molar-refractivity contribution in [3.8, 4) is 11.5 Å². The summed E-state index contributed by atoms with van der Waals surface area (Å²) in [5.74, 6) is -0.696. The fraction of sp³-hybridized carbons (Fsp3) is 0.600. The molecule has 1 heterocycles. The van der Waals surface area contributed by atoms with Crippen LogP contribution in [-0.2, 0) is 25.5 Å². The number of carbonyl (C=O) groups excluding carboxylic acids is 2. The Morgan fingerprint density at radius 1 is 1.04 bits per heavy atom. The predicted octanol–water partition coefficient (Wildman–Crippen LogP) is 3.21. The monoisotopic (exact) mass is 362 g/mol. The molecule has 26 heavy (non-hydrogen) atoms. The molecule has 3 atom stereocenters. The molecule has 2 aliphatic rings. The molecule has 0 saturated heterocycles. The second-order valence-corrected chi connectivity index (χ2v) is 6.92. The van der Waals surface area contributed by atoms with Gasteiger partial charge in [0.05, 0.1) is 25.0 Å². The maximum absolute atomic E-state index is 12.9. The van der Waals surface area contributed by atoms with E-state index in [2.05, 4.69) is 0 Å². The summed E-state index contributed by atoms with van der Waals surface area (Å²) in [6, 6.07) is 3.74. The Hall–Kier alpha value is -2.24. The van der Waals surface area contributed by atoms with Crippen molar-refractivity contribution in [3.63, 3.8) is 0 Å². The highest BCUT2D eigenvalue weighted by Crippen LogP contribution is 2.46. The largest absolute Gasteiger partial charge is 0.465 e. The standard InChI is InChI=1S/C20H26O6/c1-4-6-23-19(21)17-12(3)8-13-9-15-16(26-11-25-15)10-14(13)18(17)20(22)24-7-5-2/h9-10,12,17-18H,4-8,11H2,1-3H3/t12-,17-,18-/m1/s1. The summed E-state index contributed by atoms with van der Waals surface area (Å²) in [4.78, 5) is 25.6. The normalized spacial score (nSPS) is 23.3. The zero-order chi connectivity index (χ0) is 18.7. The van der Waals surface area contributed by atoms with E-state index in [4.69, 9.17) is 18.9 Å². The Balaban J connectivity index is 1.99. The first kappa shape index (κ1) is 18.5. The minimum Gasteiger partial charge on any atom is -0.465 e. The number of carbonyl (C=O) groups is 2. The topological polar surface area (TPSA) is 71.1 Å². The molecule has 0 N–H and O–H groups in total. The summed E-state index contributed by atoms with van der Waals surface area (Å²) in [5.41, 5.74) is 1.78. The second kappa shape index (κ2) is 7.98. The van der Waals surface area contributed by atoms with Gasteiger partial charge in [0.15, 0.2) is 11.5 Å². The van der Waals surface area contributed by atoms with Crippen molar-refractivity contribution in [1.29, 1.82) is 0 Å². The van der Waals surface area contributed by atoms with Crippen molar-refractivity contribution in [3.05, 3.63) is 23.3 Å². The fourth-order valence-corrected chi connectivity index (χ4v) is 3.70.